The Balaban J connectivity index is 1.93. The number of ether oxygens (including phenoxy) is 1. The van der Waals surface area contributed by atoms with Crippen LogP contribution in [0, 0.1) is 0 Å². The van der Waals surface area contributed by atoms with Gasteiger partial charge in [-0.05, 0) is 44.0 Å². The van der Waals surface area contributed by atoms with Gasteiger partial charge in [-0.1, -0.05) is 13.0 Å². The highest BCUT2D eigenvalue weighted by molar-refractivity contribution is 5.48. The molecule has 0 fully saturated rings. The number of nitrogens with zero attached hydrogens (tertiary/aromatic N) is 1. The fraction of sp³-hybridized carbons (Fsp3) is 0.412. The summed E-state index contributed by atoms with van der Waals surface area (Å²) in [6, 6.07) is 10.3. The van der Waals surface area contributed by atoms with E-state index in [0.717, 1.165) is 30.9 Å². The van der Waals surface area contributed by atoms with Gasteiger partial charge in [0, 0.05) is 37.2 Å². The molecule has 0 aliphatic carbocycles. The van der Waals surface area contributed by atoms with Crippen LogP contribution in [0.2, 0.25) is 0 Å². The molecule has 0 aliphatic rings. The minimum Gasteiger partial charge on any atom is -0.491 e. The molecule has 2 rings (SSSR count). The van der Waals surface area contributed by atoms with Gasteiger partial charge < -0.3 is 14.6 Å². The number of anilines is 1. The highest BCUT2D eigenvalue weighted by Crippen LogP contribution is 2.19. The van der Waals surface area contributed by atoms with Crippen molar-refractivity contribution in [2.75, 3.05) is 5.32 Å². The van der Waals surface area contributed by atoms with E-state index < -0.39 is 0 Å². The Morgan fingerprint density at radius 1 is 1.25 bits per heavy atom. The first-order valence-electron chi connectivity index (χ1n) is 7.36. The van der Waals surface area contributed by atoms with Crippen molar-refractivity contribution in [1.29, 1.82) is 0 Å². The van der Waals surface area contributed by atoms with Crippen LogP contribution < -0.4 is 10.1 Å². The van der Waals surface area contributed by atoms with Crippen LogP contribution in [0.4, 0.5) is 5.69 Å². The zero-order chi connectivity index (χ0) is 14.4. The van der Waals surface area contributed by atoms with Crippen LogP contribution in [0.25, 0.3) is 0 Å². The molecule has 3 nitrogen and oxygen atoms in total. The Bertz CT molecular complexity index is 533. The standard InChI is InChI=1S/C17H24N2O/c1-4-14(3)20-17-8-6-7-16(11-17)18-12-15-9-10-19(5-2)13-15/h6-11,13-14,18H,4-5,12H2,1-3H3. The molecule has 1 N–H and O–H groups in total. The highest BCUT2D eigenvalue weighted by Gasteiger charge is 2.02. The molecule has 2 aromatic rings. The number of nitrogens with one attached hydrogen (secondary N) is 1. The molecule has 0 amide bonds. The lowest BCUT2D eigenvalue weighted by atomic mass is 10.2. The van der Waals surface area contributed by atoms with E-state index in [4.69, 9.17) is 4.74 Å². The third kappa shape index (κ3) is 4.05. The summed E-state index contributed by atoms with van der Waals surface area (Å²) < 4.78 is 8.01. The number of aryl methyl sites for hydroxylation is 1. The first-order valence-corrected chi connectivity index (χ1v) is 7.36. The Kier molecular flexibility index (Phi) is 5.10. The fourth-order valence-electron chi connectivity index (χ4n) is 1.99. The quantitative estimate of drug-likeness (QED) is 0.813. The van der Waals surface area contributed by atoms with Crippen molar-refractivity contribution >= 4 is 5.69 Å². The van der Waals surface area contributed by atoms with Crippen LogP contribution in [0.5, 0.6) is 5.75 Å². The lowest BCUT2D eigenvalue weighted by Crippen LogP contribution is -2.09. The first-order chi connectivity index (χ1) is 9.71. The fourth-order valence-corrected chi connectivity index (χ4v) is 1.99. The van der Waals surface area contributed by atoms with Crippen molar-refractivity contribution in [3.05, 3.63) is 48.3 Å². The summed E-state index contributed by atoms with van der Waals surface area (Å²) in [5, 5.41) is 3.44. The van der Waals surface area contributed by atoms with Crippen molar-refractivity contribution in [1.82, 2.24) is 4.57 Å². The van der Waals surface area contributed by atoms with E-state index in [1.807, 2.05) is 12.1 Å². The predicted octanol–water partition coefficient (Wildman–Crippen LogP) is 4.30. The maximum absolute atomic E-state index is 5.83. The summed E-state index contributed by atoms with van der Waals surface area (Å²) in [5.41, 5.74) is 2.38. The molecule has 0 radical (unpaired) electrons. The van der Waals surface area contributed by atoms with Gasteiger partial charge in [-0.3, -0.25) is 0 Å². The minimum atomic E-state index is 0.254. The Labute approximate surface area is 121 Å². The molecule has 1 unspecified atom stereocenters. The molecule has 0 bridgehead atoms. The second-order valence-corrected chi connectivity index (χ2v) is 5.07. The van der Waals surface area contributed by atoms with Crippen LogP contribution in [-0.2, 0) is 13.1 Å². The molecule has 1 aromatic heterocycles. The normalized spacial score (nSPS) is 12.2. The van der Waals surface area contributed by atoms with Crippen LogP contribution in [0.3, 0.4) is 0 Å². The van der Waals surface area contributed by atoms with Crippen molar-refractivity contribution < 1.29 is 4.74 Å². The van der Waals surface area contributed by atoms with Crippen molar-refractivity contribution in [2.45, 2.75) is 46.4 Å². The van der Waals surface area contributed by atoms with E-state index in [9.17, 15) is 0 Å². The summed E-state index contributed by atoms with van der Waals surface area (Å²) in [4.78, 5) is 0. The largest absolute Gasteiger partial charge is 0.491 e. The highest BCUT2D eigenvalue weighted by atomic mass is 16.5. The van der Waals surface area contributed by atoms with E-state index >= 15 is 0 Å². The third-order valence-corrected chi connectivity index (χ3v) is 3.42. The average molecular weight is 272 g/mol. The third-order valence-electron chi connectivity index (χ3n) is 3.42. The lowest BCUT2D eigenvalue weighted by molar-refractivity contribution is 0.217. The zero-order valence-corrected chi connectivity index (χ0v) is 12.6. The molecule has 1 heterocycles. The maximum atomic E-state index is 5.83. The molecule has 1 atom stereocenters. The van der Waals surface area contributed by atoms with Gasteiger partial charge in [-0.25, -0.2) is 0 Å². The van der Waals surface area contributed by atoms with E-state index in [1.54, 1.807) is 0 Å². The molecule has 0 saturated carbocycles. The SMILES string of the molecule is CCC(C)Oc1cccc(NCc2ccn(CC)c2)c1. The molecule has 20 heavy (non-hydrogen) atoms. The summed E-state index contributed by atoms with van der Waals surface area (Å²) >= 11 is 0. The zero-order valence-electron chi connectivity index (χ0n) is 12.6. The Morgan fingerprint density at radius 3 is 2.80 bits per heavy atom. The van der Waals surface area contributed by atoms with Crippen LogP contribution in [0.1, 0.15) is 32.8 Å². The van der Waals surface area contributed by atoms with Crippen LogP contribution in [0.15, 0.2) is 42.7 Å². The summed E-state index contributed by atoms with van der Waals surface area (Å²) in [5.74, 6) is 0.926. The van der Waals surface area contributed by atoms with Gasteiger partial charge in [0.25, 0.3) is 0 Å². The number of benzene rings is 1. The number of aromatic nitrogens is 1. The van der Waals surface area contributed by atoms with E-state index in [1.165, 1.54) is 5.56 Å². The predicted molar refractivity (Wildman–Crippen MR) is 84.3 cm³/mol. The Hall–Kier alpha value is -1.90. The molecule has 0 spiro atoms. The number of hydrogen-bond acceptors (Lipinski definition) is 2. The van der Waals surface area contributed by atoms with Crippen molar-refractivity contribution in [2.24, 2.45) is 0 Å². The molecular weight excluding hydrogens is 248 g/mol. The minimum absolute atomic E-state index is 0.254. The van der Waals surface area contributed by atoms with Gasteiger partial charge in [0.05, 0.1) is 6.10 Å². The Morgan fingerprint density at radius 2 is 2.10 bits per heavy atom. The second-order valence-electron chi connectivity index (χ2n) is 5.07. The van der Waals surface area contributed by atoms with Gasteiger partial charge >= 0.3 is 0 Å². The summed E-state index contributed by atoms with van der Waals surface area (Å²) in [6.45, 7) is 8.21. The number of hydrogen-bond donors (Lipinski definition) is 1. The molecule has 1 aromatic carbocycles. The molecule has 3 heteroatoms. The molecule has 108 valence electrons. The molecular formula is C17H24N2O. The van der Waals surface area contributed by atoms with Crippen LogP contribution >= 0.6 is 0 Å². The van der Waals surface area contributed by atoms with Crippen LogP contribution in [-0.4, -0.2) is 10.7 Å². The molecule has 0 saturated heterocycles. The van der Waals surface area contributed by atoms with Crippen molar-refractivity contribution in [3.8, 4) is 5.75 Å². The van der Waals surface area contributed by atoms with E-state index in [2.05, 4.69) is 61.2 Å². The first kappa shape index (κ1) is 14.5. The summed E-state index contributed by atoms with van der Waals surface area (Å²) in [6.07, 6.45) is 5.55. The topological polar surface area (TPSA) is 26.2 Å². The van der Waals surface area contributed by atoms with E-state index in [-0.39, 0.29) is 6.10 Å². The lowest BCUT2D eigenvalue weighted by Gasteiger charge is -2.14. The second kappa shape index (κ2) is 7.04. The van der Waals surface area contributed by atoms with Gasteiger partial charge in [-0.15, -0.1) is 0 Å². The number of rotatable bonds is 7. The average Bonchev–Trinajstić information content (AvgIpc) is 2.93. The van der Waals surface area contributed by atoms with Gasteiger partial charge in [0.1, 0.15) is 5.75 Å². The van der Waals surface area contributed by atoms with Crippen molar-refractivity contribution in [3.63, 3.8) is 0 Å². The van der Waals surface area contributed by atoms with Gasteiger partial charge in [-0.2, -0.15) is 0 Å². The van der Waals surface area contributed by atoms with E-state index in [0.29, 0.717) is 0 Å². The monoisotopic (exact) mass is 272 g/mol. The smallest absolute Gasteiger partial charge is 0.121 e. The maximum Gasteiger partial charge on any atom is 0.121 e. The van der Waals surface area contributed by atoms with Gasteiger partial charge in [0.2, 0.25) is 0 Å². The summed E-state index contributed by atoms with van der Waals surface area (Å²) in [7, 11) is 0. The van der Waals surface area contributed by atoms with Gasteiger partial charge in [0.15, 0.2) is 0 Å². The molecule has 0 aliphatic heterocycles.